The Morgan fingerprint density at radius 3 is 2.80 bits per heavy atom. The summed E-state index contributed by atoms with van der Waals surface area (Å²) >= 11 is 6.48. The number of hydrogen-bond donors (Lipinski definition) is 1. The summed E-state index contributed by atoms with van der Waals surface area (Å²) in [5.74, 6) is 0.718. The van der Waals surface area contributed by atoms with Crippen LogP contribution in [-0.2, 0) is 20.0 Å². The van der Waals surface area contributed by atoms with Crippen LogP contribution in [-0.4, -0.2) is 40.4 Å². The third kappa shape index (κ3) is 3.54. The topological polar surface area (TPSA) is 33.1 Å². The lowest BCUT2D eigenvalue weighted by Crippen LogP contribution is -2.51. The number of hydrogen-bond acceptors (Lipinski definition) is 3. The standard InChI is InChI=1S/C15H27ClN4/c1-5-13-15(16)14(19(4)18-13)10-20-7-6-17-9-12(20)8-11(2)3/h11-12,17H,5-10H2,1-4H3. The van der Waals surface area contributed by atoms with Gasteiger partial charge in [-0.05, 0) is 18.8 Å². The second-order valence-corrected chi connectivity index (χ2v) is 6.52. The molecule has 1 unspecified atom stereocenters. The first kappa shape index (κ1) is 15.8. The normalized spacial score (nSPS) is 20.8. The van der Waals surface area contributed by atoms with Crippen molar-refractivity contribution >= 4 is 11.6 Å². The maximum Gasteiger partial charge on any atom is 0.0863 e. The summed E-state index contributed by atoms with van der Waals surface area (Å²) in [6.45, 7) is 10.8. The summed E-state index contributed by atoms with van der Waals surface area (Å²) in [6.07, 6.45) is 2.12. The third-order valence-electron chi connectivity index (χ3n) is 4.07. The van der Waals surface area contributed by atoms with Crippen LogP contribution in [0.15, 0.2) is 0 Å². The van der Waals surface area contributed by atoms with Crippen LogP contribution in [0.2, 0.25) is 5.02 Å². The Labute approximate surface area is 127 Å². The van der Waals surface area contributed by atoms with E-state index in [1.807, 2.05) is 11.7 Å². The van der Waals surface area contributed by atoms with Crippen molar-refractivity contribution in [2.24, 2.45) is 13.0 Å². The predicted molar refractivity (Wildman–Crippen MR) is 84.1 cm³/mol. The highest BCUT2D eigenvalue weighted by Gasteiger charge is 2.25. The Morgan fingerprint density at radius 1 is 1.45 bits per heavy atom. The quantitative estimate of drug-likeness (QED) is 0.906. The number of piperazine rings is 1. The maximum atomic E-state index is 6.48. The van der Waals surface area contributed by atoms with Gasteiger partial charge in [0.2, 0.25) is 0 Å². The number of nitrogens with zero attached hydrogens (tertiary/aromatic N) is 3. The number of halogens is 1. The van der Waals surface area contributed by atoms with Gasteiger partial charge >= 0.3 is 0 Å². The van der Waals surface area contributed by atoms with Crippen LogP contribution >= 0.6 is 11.6 Å². The van der Waals surface area contributed by atoms with Gasteiger partial charge in [0.15, 0.2) is 0 Å². The molecule has 1 aromatic rings. The van der Waals surface area contributed by atoms with Crippen LogP contribution in [0, 0.1) is 5.92 Å². The lowest BCUT2D eigenvalue weighted by Gasteiger charge is -2.37. The smallest absolute Gasteiger partial charge is 0.0863 e. The molecule has 1 aliphatic heterocycles. The summed E-state index contributed by atoms with van der Waals surface area (Å²) in [5, 5.41) is 8.89. The third-order valence-corrected chi connectivity index (χ3v) is 4.51. The van der Waals surface area contributed by atoms with Crippen molar-refractivity contribution < 1.29 is 0 Å². The highest BCUT2D eigenvalue weighted by atomic mass is 35.5. The van der Waals surface area contributed by atoms with Crippen LogP contribution < -0.4 is 5.32 Å². The van der Waals surface area contributed by atoms with Crippen molar-refractivity contribution in [1.82, 2.24) is 20.0 Å². The maximum absolute atomic E-state index is 6.48. The van der Waals surface area contributed by atoms with Crippen molar-refractivity contribution in [3.63, 3.8) is 0 Å². The molecule has 0 saturated carbocycles. The number of nitrogens with one attached hydrogen (secondary N) is 1. The molecule has 0 bridgehead atoms. The van der Waals surface area contributed by atoms with Crippen molar-refractivity contribution in [2.75, 3.05) is 19.6 Å². The molecule has 0 amide bonds. The summed E-state index contributed by atoms with van der Waals surface area (Å²) in [4.78, 5) is 2.55. The van der Waals surface area contributed by atoms with E-state index >= 15 is 0 Å². The van der Waals surface area contributed by atoms with Gasteiger partial charge in [-0.3, -0.25) is 9.58 Å². The SMILES string of the molecule is CCc1nn(C)c(CN2CCNCC2CC(C)C)c1Cl. The molecule has 2 rings (SSSR count). The molecular formula is C15H27ClN4. The Hall–Kier alpha value is -0.580. The number of rotatable bonds is 5. The molecule has 1 saturated heterocycles. The minimum atomic E-state index is 0.597. The van der Waals surface area contributed by atoms with E-state index < -0.39 is 0 Å². The van der Waals surface area contributed by atoms with Crippen molar-refractivity contribution in [2.45, 2.75) is 46.2 Å². The van der Waals surface area contributed by atoms with Gasteiger partial charge in [-0.25, -0.2) is 0 Å². The van der Waals surface area contributed by atoms with Crippen LogP contribution in [0.5, 0.6) is 0 Å². The summed E-state index contributed by atoms with van der Waals surface area (Å²) in [5.41, 5.74) is 2.17. The molecular weight excluding hydrogens is 272 g/mol. The Morgan fingerprint density at radius 2 is 2.20 bits per heavy atom. The number of aromatic nitrogens is 2. The fraction of sp³-hybridized carbons (Fsp3) is 0.800. The van der Waals surface area contributed by atoms with E-state index in [0.717, 1.165) is 54.9 Å². The largest absolute Gasteiger partial charge is 0.314 e. The molecule has 114 valence electrons. The monoisotopic (exact) mass is 298 g/mol. The van der Waals surface area contributed by atoms with Crippen LogP contribution in [0.4, 0.5) is 0 Å². The highest BCUT2D eigenvalue weighted by molar-refractivity contribution is 6.31. The molecule has 1 atom stereocenters. The van der Waals surface area contributed by atoms with Crippen molar-refractivity contribution in [3.8, 4) is 0 Å². The van der Waals surface area contributed by atoms with Crippen molar-refractivity contribution in [1.29, 1.82) is 0 Å². The van der Waals surface area contributed by atoms with Crippen LogP contribution in [0.25, 0.3) is 0 Å². The first-order valence-electron chi connectivity index (χ1n) is 7.67. The molecule has 1 aromatic heterocycles. The first-order valence-corrected chi connectivity index (χ1v) is 8.05. The second-order valence-electron chi connectivity index (χ2n) is 6.14. The Bertz CT molecular complexity index is 441. The Balaban J connectivity index is 2.12. The van der Waals surface area contributed by atoms with Gasteiger partial charge in [0.25, 0.3) is 0 Å². The van der Waals surface area contributed by atoms with Gasteiger partial charge in [0.05, 0.1) is 16.4 Å². The van der Waals surface area contributed by atoms with E-state index in [1.165, 1.54) is 6.42 Å². The van der Waals surface area contributed by atoms with Crippen LogP contribution in [0.1, 0.15) is 38.6 Å². The van der Waals surface area contributed by atoms with E-state index in [-0.39, 0.29) is 0 Å². The zero-order valence-electron chi connectivity index (χ0n) is 13.1. The van der Waals surface area contributed by atoms with Gasteiger partial charge in [0.1, 0.15) is 0 Å². The van der Waals surface area contributed by atoms with E-state index in [4.69, 9.17) is 11.6 Å². The minimum absolute atomic E-state index is 0.597. The second kappa shape index (κ2) is 6.92. The fourth-order valence-corrected chi connectivity index (χ4v) is 3.33. The van der Waals surface area contributed by atoms with Crippen molar-refractivity contribution in [3.05, 3.63) is 16.4 Å². The lowest BCUT2D eigenvalue weighted by atomic mass is 10.0. The molecule has 4 nitrogen and oxygen atoms in total. The zero-order valence-corrected chi connectivity index (χ0v) is 13.9. The molecule has 0 aliphatic carbocycles. The summed E-state index contributed by atoms with van der Waals surface area (Å²) in [7, 11) is 2.00. The Kier molecular flexibility index (Phi) is 5.47. The molecule has 0 spiro atoms. The van der Waals surface area contributed by atoms with E-state index in [1.54, 1.807) is 0 Å². The highest BCUT2D eigenvalue weighted by Crippen LogP contribution is 2.24. The van der Waals surface area contributed by atoms with E-state index in [0.29, 0.717) is 6.04 Å². The molecule has 20 heavy (non-hydrogen) atoms. The minimum Gasteiger partial charge on any atom is -0.314 e. The van der Waals surface area contributed by atoms with Gasteiger partial charge in [-0.15, -0.1) is 0 Å². The lowest BCUT2D eigenvalue weighted by molar-refractivity contribution is 0.131. The van der Waals surface area contributed by atoms with Gasteiger partial charge in [0, 0.05) is 39.3 Å². The molecule has 2 heterocycles. The van der Waals surface area contributed by atoms with Crippen LogP contribution in [0.3, 0.4) is 0 Å². The van der Waals surface area contributed by atoms with Gasteiger partial charge < -0.3 is 5.32 Å². The predicted octanol–water partition coefficient (Wildman–Crippen LogP) is 2.46. The number of aryl methyl sites for hydroxylation is 2. The zero-order chi connectivity index (χ0) is 14.7. The van der Waals surface area contributed by atoms with E-state index in [2.05, 4.69) is 36.1 Å². The molecule has 0 aromatic carbocycles. The van der Waals surface area contributed by atoms with Gasteiger partial charge in [-0.2, -0.15) is 5.10 Å². The molecule has 5 heteroatoms. The molecule has 1 N–H and O–H groups in total. The fourth-order valence-electron chi connectivity index (χ4n) is 2.97. The summed E-state index contributed by atoms with van der Waals surface area (Å²) in [6, 6.07) is 0.597. The molecule has 1 fully saturated rings. The molecule has 1 aliphatic rings. The first-order chi connectivity index (χ1) is 9.52. The van der Waals surface area contributed by atoms with Gasteiger partial charge in [-0.1, -0.05) is 32.4 Å². The summed E-state index contributed by atoms with van der Waals surface area (Å²) < 4.78 is 1.95. The average molecular weight is 299 g/mol. The molecule has 0 radical (unpaired) electrons. The average Bonchev–Trinajstić information content (AvgIpc) is 2.67. The van der Waals surface area contributed by atoms with E-state index in [9.17, 15) is 0 Å².